The number of hydrogen-bond donors (Lipinski definition) is 1. The number of anilines is 1. The van der Waals surface area contributed by atoms with Gasteiger partial charge in [-0.15, -0.1) is 0 Å². The second-order valence-electron chi connectivity index (χ2n) is 6.36. The van der Waals surface area contributed by atoms with Crippen LogP contribution in [0.15, 0.2) is 42.5 Å². The highest BCUT2D eigenvalue weighted by molar-refractivity contribution is 5.48. The van der Waals surface area contributed by atoms with Crippen molar-refractivity contribution in [2.75, 3.05) is 19.5 Å². The van der Waals surface area contributed by atoms with Crippen molar-refractivity contribution in [3.63, 3.8) is 0 Å². The smallest absolute Gasteiger partial charge is 0.124 e. The molecule has 0 spiro atoms. The van der Waals surface area contributed by atoms with Gasteiger partial charge in [-0.2, -0.15) is 0 Å². The van der Waals surface area contributed by atoms with E-state index in [1.807, 2.05) is 18.2 Å². The molecule has 2 rings (SSSR count). The summed E-state index contributed by atoms with van der Waals surface area (Å²) in [5.41, 5.74) is 3.67. The lowest BCUT2D eigenvalue weighted by atomic mass is 9.87. The summed E-state index contributed by atoms with van der Waals surface area (Å²) in [5.74, 6) is 1.69. The predicted molar refractivity (Wildman–Crippen MR) is 92.0 cm³/mol. The Hall–Kier alpha value is -2.16. The normalized spacial score (nSPS) is 11.1. The lowest BCUT2D eigenvalue weighted by Crippen LogP contribution is -2.10. The second kappa shape index (κ2) is 6.73. The summed E-state index contributed by atoms with van der Waals surface area (Å²) in [5, 5.41) is 3.43. The summed E-state index contributed by atoms with van der Waals surface area (Å²) < 4.78 is 10.7. The van der Waals surface area contributed by atoms with E-state index in [9.17, 15) is 0 Å². The van der Waals surface area contributed by atoms with Crippen molar-refractivity contribution >= 4 is 5.69 Å². The van der Waals surface area contributed by atoms with Crippen LogP contribution in [-0.4, -0.2) is 14.2 Å². The van der Waals surface area contributed by atoms with Crippen molar-refractivity contribution in [2.45, 2.75) is 32.7 Å². The number of methoxy groups -OCH3 is 2. The van der Waals surface area contributed by atoms with Crippen LogP contribution in [0.25, 0.3) is 0 Å². The van der Waals surface area contributed by atoms with Crippen LogP contribution < -0.4 is 14.8 Å². The van der Waals surface area contributed by atoms with Gasteiger partial charge in [-0.05, 0) is 41.3 Å². The van der Waals surface area contributed by atoms with Gasteiger partial charge in [0.05, 0.1) is 14.2 Å². The Morgan fingerprint density at radius 3 is 2.14 bits per heavy atom. The molecule has 3 heteroatoms. The Kier molecular flexibility index (Phi) is 4.96. The molecule has 2 aromatic carbocycles. The highest BCUT2D eigenvalue weighted by atomic mass is 16.5. The van der Waals surface area contributed by atoms with Crippen molar-refractivity contribution in [1.29, 1.82) is 0 Å². The van der Waals surface area contributed by atoms with Crippen molar-refractivity contribution in [1.82, 2.24) is 0 Å². The maximum Gasteiger partial charge on any atom is 0.124 e. The van der Waals surface area contributed by atoms with Gasteiger partial charge in [-0.25, -0.2) is 0 Å². The molecule has 0 bridgehead atoms. The fourth-order valence-corrected chi connectivity index (χ4v) is 2.31. The van der Waals surface area contributed by atoms with E-state index in [2.05, 4.69) is 50.4 Å². The second-order valence-corrected chi connectivity index (χ2v) is 6.36. The van der Waals surface area contributed by atoms with Crippen LogP contribution in [0.1, 0.15) is 31.9 Å². The SMILES string of the molecule is COc1ccc(OC)c(CNc2ccc(C(C)(C)C)cc2)c1. The number of hydrogen-bond acceptors (Lipinski definition) is 3. The van der Waals surface area contributed by atoms with E-state index in [1.54, 1.807) is 14.2 Å². The van der Waals surface area contributed by atoms with Crippen molar-refractivity contribution in [3.05, 3.63) is 53.6 Å². The Bertz CT molecular complexity index is 612. The van der Waals surface area contributed by atoms with E-state index in [0.717, 1.165) is 22.7 Å². The highest BCUT2D eigenvalue weighted by Gasteiger charge is 2.12. The van der Waals surface area contributed by atoms with Gasteiger partial charge in [0.15, 0.2) is 0 Å². The zero-order valence-electron chi connectivity index (χ0n) is 14.1. The molecule has 1 N–H and O–H groups in total. The molecule has 0 aliphatic rings. The molecular weight excluding hydrogens is 274 g/mol. The third kappa shape index (κ3) is 3.94. The Morgan fingerprint density at radius 1 is 0.909 bits per heavy atom. The molecule has 0 saturated heterocycles. The van der Waals surface area contributed by atoms with Crippen LogP contribution in [0, 0.1) is 0 Å². The average molecular weight is 299 g/mol. The van der Waals surface area contributed by atoms with E-state index in [1.165, 1.54) is 5.56 Å². The zero-order chi connectivity index (χ0) is 16.2. The molecule has 118 valence electrons. The van der Waals surface area contributed by atoms with Crippen molar-refractivity contribution < 1.29 is 9.47 Å². The molecule has 2 aromatic rings. The quantitative estimate of drug-likeness (QED) is 0.874. The van der Waals surface area contributed by atoms with E-state index >= 15 is 0 Å². The molecule has 0 unspecified atom stereocenters. The Labute approximate surface area is 133 Å². The Morgan fingerprint density at radius 2 is 1.59 bits per heavy atom. The van der Waals surface area contributed by atoms with Crippen LogP contribution in [0.3, 0.4) is 0 Å². The Balaban J connectivity index is 2.09. The minimum Gasteiger partial charge on any atom is -0.497 e. The van der Waals surface area contributed by atoms with Gasteiger partial charge in [-0.1, -0.05) is 32.9 Å². The molecule has 0 amide bonds. The molecule has 22 heavy (non-hydrogen) atoms. The lowest BCUT2D eigenvalue weighted by Gasteiger charge is -2.19. The first-order chi connectivity index (χ1) is 10.4. The van der Waals surface area contributed by atoms with Crippen LogP contribution in [0.4, 0.5) is 5.69 Å². The van der Waals surface area contributed by atoms with Crippen molar-refractivity contribution in [3.8, 4) is 11.5 Å². The third-order valence-corrected chi connectivity index (χ3v) is 3.72. The molecule has 3 nitrogen and oxygen atoms in total. The fraction of sp³-hybridized carbons (Fsp3) is 0.368. The maximum atomic E-state index is 5.40. The average Bonchev–Trinajstić information content (AvgIpc) is 2.52. The fourth-order valence-electron chi connectivity index (χ4n) is 2.31. The van der Waals surface area contributed by atoms with E-state index in [0.29, 0.717) is 6.54 Å². The predicted octanol–water partition coefficient (Wildman–Crippen LogP) is 4.61. The van der Waals surface area contributed by atoms with Gasteiger partial charge >= 0.3 is 0 Å². The van der Waals surface area contributed by atoms with Crippen molar-refractivity contribution in [2.24, 2.45) is 0 Å². The summed E-state index contributed by atoms with van der Waals surface area (Å²) in [6, 6.07) is 14.4. The molecule has 0 aliphatic heterocycles. The molecule has 0 heterocycles. The molecule has 0 aliphatic carbocycles. The third-order valence-electron chi connectivity index (χ3n) is 3.72. The molecule has 0 saturated carbocycles. The minimum absolute atomic E-state index is 0.175. The lowest BCUT2D eigenvalue weighted by molar-refractivity contribution is 0.399. The number of rotatable bonds is 5. The first kappa shape index (κ1) is 16.2. The van der Waals surface area contributed by atoms with Gasteiger partial charge in [0.2, 0.25) is 0 Å². The summed E-state index contributed by atoms with van der Waals surface area (Å²) >= 11 is 0. The molecular formula is C19H25NO2. The number of ether oxygens (including phenoxy) is 2. The molecule has 0 aromatic heterocycles. The largest absolute Gasteiger partial charge is 0.497 e. The zero-order valence-corrected chi connectivity index (χ0v) is 14.1. The standard InChI is InChI=1S/C19H25NO2/c1-19(2,3)15-6-8-16(9-7-15)20-13-14-12-17(21-4)10-11-18(14)22-5/h6-12,20H,13H2,1-5H3. The van der Waals surface area contributed by atoms with Gasteiger partial charge in [0, 0.05) is 17.8 Å². The summed E-state index contributed by atoms with van der Waals surface area (Å²) in [7, 11) is 3.35. The van der Waals surface area contributed by atoms with Gasteiger partial charge in [0.1, 0.15) is 11.5 Å². The van der Waals surface area contributed by atoms with Crippen LogP contribution >= 0.6 is 0 Å². The molecule has 0 atom stereocenters. The van der Waals surface area contributed by atoms with Crippen LogP contribution in [0.2, 0.25) is 0 Å². The van der Waals surface area contributed by atoms with E-state index in [-0.39, 0.29) is 5.41 Å². The summed E-state index contributed by atoms with van der Waals surface area (Å²) in [4.78, 5) is 0. The first-order valence-corrected chi connectivity index (χ1v) is 7.49. The van der Waals surface area contributed by atoms with Crippen LogP contribution in [-0.2, 0) is 12.0 Å². The van der Waals surface area contributed by atoms with E-state index in [4.69, 9.17) is 9.47 Å². The van der Waals surface area contributed by atoms with E-state index < -0.39 is 0 Å². The number of benzene rings is 2. The minimum atomic E-state index is 0.175. The number of nitrogens with one attached hydrogen (secondary N) is 1. The van der Waals surface area contributed by atoms with Crippen LogP contribution in [0.5, 0.6) is 11.5 Å². The first-order valence-electron chi connectivity index (χ1n) is 7.49. The summed E-state index contributed by atoms with van der Waals surface area (Å²) in [6.07, 6.45) is 0. The van der Waals surface area contributed by atoms with Gasteiger partial charge in [0.25, 0.3) is 0 Å². The molecule has 0 fully saturated rings. The topological polar surface area (TPSA) is 30.5 Å². The summed E-state index contributed by atoms with van der Waals surface area (Å²) in [6.45, 7) is 7.35. The monoisotopic (exact) mass is 299 g/mol. The van der Waals surface area contributed by atoms with Gasteiger partial charge < -0.3 is 14.8 Å². The molecule has 0 radical (unpaired) electrons. The van der Waals surface area contributed by atoms with Gasteiger partial charge in [-0.3, -0.25) is 0 Å². The maximum absolute atomic E-state index is 5.40. The highest BCUT2D eigenvalue weighted by Crippen LogP contribution is 2.26.